The molecule has 1 fully saturated rings. The van der Waals surface area contributed by atoms with E-state index in [-0.39, 0.29) is 11.3 Å². The van der Waals surface area contributed by atoms with Gasteiger partial charge in [-0.1, -0.05) is 0 Å². The van der Waals surface area contributed by atoms with Gasteiger partial charge in [-0.25, -0.2) is 4.79 Å². The van der Waals surface area contributed by atoms with Gasteiger partial charge in [-0.2, -0.15) is 0 Å². The second kappa shape index (κ2) is 3.78. The first-order valence-corrected chi connectivity index (χ1v) is 4.79. The summed E-state index contributed by atoms with van der Waals surface area (Å²) >= 11 is 0. The summed E-state index contributed by atoms with van der Waals surface area (Å²) in [7, 11) is 0. The van der Waals surface area contributed by atoms with E-state index in [0.29, 0.717) is 5.69 Å². The molecule has 0 bridgehead atoms. The first kappa shape index (κ1) is 10.9. The molecule has 7 nitrogen and oxygen atoms in total. The van der Waals surface area contributed by atoms with Gasteiger partial charge in [-0.3, -0.25) is 20.2 Å². The molecule has 0 aromatic heterocycles. The van der Waals surface area contributed by atoms with Crippen molar-refractivity contribution in [1.29, 1.82) is 0 Å². The number of rotatable bonds is 1. The summed E-state index contributed by atoms with van der Waals surface area (Å²) in [6.07, 6.45) is 0. The number of nitrogens with two attached hydrogens (primary N) is 2. The third kappa shape index (κ3) is 1.89. The zero-order valence-corrected chi connectivity index (χ0v) is 8.69. The summed E-state index contributed by atoms with van der Waals surface area (Å²) in [5.74, 6) is -2.58. The van der Waals surface area contributed by atoms with Crippen molar-refractivity contribution in [3.8, 4) is 0 Å². The average molecular weight is 234 g/mol. The fraction of sp³-hybridized carbons (Fsp3) is 0.100. The van der Waals surface area contributed by atoms with Crippen molar-refractivity contribution < 1.29 is 14.4 Å². The Morgan fingerprint density at radius 3 is 2.18 bits per heavy atom. The first-order valence-electron chi connectivity index (χ1n) is 4.79. The normalized spacial score (nSPS) is 16.6. The largest absolute Gasteiger partial charge is 0.399 e. The number of barbiturate groups is 1. The van der Waals surface area contributed by atoms with Crippen LogP contribution in [0, 0.1) is 0 Å². The minimum atomic E-state index is -1.16. The van der Waals surface area contributed by atoms with Crippen molar-refractivity contribution in [2.45, 2.75) is 5.92 Å². The molecule has 1 heterocycles. The molecule has 0 aliphatic carbocycles. The highest BCUT2D eigenvalue weighted by atomic mass is 16.2. The van der Waals surface area contributed by atoms with E-state index in [1.807, 2.05) is 10.6 Å². The van der Waals surface area contributed by atoms with Gasteiger partial charge in [0.15, 0.2) is 0 Å². The van der Waals surface area contributed by atoms with E-state index in [1.165, 1.54) is 12.1 Å². The lowest BCUT2D eigenvalue weighted by Crippen LogP contribution is -2.54. The van der Waals surface area contributed by atoms with E-state index in [2.05, 4.69) is 0 Å². The average Bonchev–Trinajstić information content (AvgIpc) is 2.21. The molecular formula is C10H10N4O3. The van der Waals surface area contributed by atoms with Gasteiger partial charge in [0.1, 0.15) is 5.92 Å². The topological polar surface area (TPSA) is 127 Å². The van der Waals surface area contributed by atoms with E-state index in [9.17, 15) is 14.4 Å². The maximum absolute atomic E-state index is 11.6. The number of amides is 4. The Bertz CT molecular complexity index is 506. The zero-order chi connectivity index (χ0) is 12.6. The summed E-state index contributed by atoms with van der Waals surface area (Å²) in [4.78, 5) is 34.1. The molecule has 1 aromatic rings. The molecule has 88 valence electrons. The van der Waals surface area contributed by atoms with Gasteiger partial charge in [0.25, 0.3) is 0 Å². The van der Waals surface area contributed by atoms with Crippen LogP contribution in [-0.4, -0.2) is 17.8 Å². The van der Waals surface area contributed by atoms with Crippen molar-refractivity contribution in [3.05, 3.63) is 23.8 Å². The van der Waals surface area contributed by atoms with E-state index in [1.54, 1.807) is 6.07 Å². The third-order valence-electron chi connectivity index (χ3n) is 2.42. The van der Waals surface area contributed by atoms with Crippen LogP contribution in [0.2, 0.25) is 0 Å². The number of imide groups is 2. The van der Waals surface area contributed by atoms with Crippen LogP contribution in [0.4, 0.5) is 16.2 Å². The van der Waals surface area contributed by atoms with Crippen molar-refractivity contribution >= 4 is 29.2 Å². The molecule has 1 aliphatic rings. The molecule has 0 radical (unpaired) electrons. The van der Waals surface area contributed by atoms with Crippen LogP contribution in [0.25, 0.3) is 0 Å². The fourth-order valence-electron chi connectivity index (χ4n) is 1.64. The lowest BCUT2D eigenvalue weighted by atomic mass is 9.94. The van der Waals surface area contributed by atoms with Crippen LogP contribution in [0.3, 0.4) is 0 Å². The number of carbonyl (C=O) groups excluding carboxylic acids is 3. The van der Waals surface area contributed by atoms with Crippen LogP contribution in [0.1, 0.15) is 11.5 Å². The Morgan fingerprint density at radius 1 is 1.00 bits per heavy atom. The second-order valence-corrected chi connectivity index (χ2v) is 3.63. The highest BCUT2D eigenvalue weighted by Crippen LogP contribution is 2.26. The molecule has 0 atom stereocenters. The van der Waals surface area contributed by atoms with Crippen LogP contribution in [-0.2, 0) is 9.59 Å². The highest BCUT2D eigenvalue weighted by Gasteiger charge is 2.36. The molecule has 1 saturated heterocycles. The Kier molecular flexibility index (Phi) is 2.43. The van der Waals surface area contributed by atoms with Crippen LogP contribution >= 0.6 is 0 Å². The smallest absolute Gasteiger partial charge is 0.328 e. The molecule has 7 heteroatoms. The summed E-state index contributed by atoms with van der Waals surface area (Å²) in [6.45, 7) is 0. The summed E-state index contributed by atoms with van der Waals surface area (Å²) in [5, 5.41) is 4.00. The molecule has 0 spiro atoms. The summed E-state index contributed by atoms with van der Waals surface area (Å²) < 4.78 is 0. The number of anilines is 2. The van der Waals surface area contributed by atoms with Crippen molar-refractivity contribution in [3.63, 3.8) is 0 Å². The maximum Gasteiger partial charge on any atom is 0.328 e. The van der Waals surface area contributed by atoms with Crippen LogP contribution < -0.4 is 22.1 Å². The highest BCUT2D eigenvalue weighted by molar-refractivity contribution is 6.19. The first-order chi connectivity index (χ1) is 7.99. The Labute approximate surface area is 96.1 Å². The molecule has 17 heavy (non-hydrogen) atoms. The zero-order valence-electron chi connectivity index (χ0n) is 8.69. The Hall–Kier alpha value is -2.57. The van der Waals surface area contributed by atoms with Gasteiger partial charge in [0, 0.05) is 11.4 Å². The number of nitrogen functional groups attached to an aromatic ring is 2. The van der Waals surface area contributed by atoms with Gasteiger partial charge < -0.3 is 11.5 Å². The molecule has 6 N–H and O–H groups in total. The van der Waals surface area contributed by atoms with Gasteiger partial charge >= 0.3 is 6.03 Å². The SMILES string of the molecule is Nc1ccc(N)c(C2C(=O)NC(=O)NC2=O)c1. The number of hydrogen-bond acceptors (Lipinski definition) is 5. The summed E-state index contributed by atoms with van der Waals surface area (Å²) in [5.41, 5.74) is 12.2. The molecule has 1 aromatic carbocycles. The standard InChI is InChI=1S/C10H10N4O3/c11-4-1-2-6(12)5(3-4)7-8(15)13-10(17)14-9(7)16/h1-3,7H,11-12H2,(H2,13,14,15,16,17). The fourth-order valence-corrected chi connectivity index (χ4v) is 1.64. The monoisotopic (exact) mass is 234 g/mol. The number of benzene rings is 1. The molecule has 1 aliphatic heterocycles. The summed E-state index contributed by atoms with van der Waals surface area (Å²) in [6, 6.07) is 3.66. The van der Waals surface area contributed by atoms with E-state index in [0.717, 1.165) is 0 Å². The van der Waals surface area contributed by atoms with Crippen molar-refractivity contribution in [2.24, 2.45) is 0 Å². The lowest BCUT2D eigenvalue weighted by Gasteiger charge is -2.22. The predicted octanol–water partition coefficient (Wildman–Crippen LogP) is -0.699. The van der Waals surface area contributed by atoms with Crippen LogP contribution in [0.5, 0.6) is 0 Å². The van der Waals surface area contributed by atoms with E-state index in [4.69, 9.17) is 11.5 Å². The molecule has 0 saturated carbocycles. The van der Waals surface area contributed by atoms with Gasteiger partial charge in [0.2, 0.25) is 11.8 Å². The van der Waals surface area contributed by atoms with Gasteiger partial charge in [0.05, 0.1) is 0 Å². The second-order valence-electron chi connectivity index (χ2n) is 3.63. The number of hydrogen-bond donors (Lipinski definition) is 4. The van der Waals surface area contributed by atoms with Gasteiger partial charge in [-0.05, 0) is 23.8 Å². The molecule has 2 rings (SSSR count). The number of urea groups is 1. The van der Waals surface area contributed by atoms with Crippen molar-refractivity contribution in [1.82, 2.24) is 10.6 Å². The van der Waals surface area contributed by atoms with E-state index >= 15 is 0 Å². The maximum atomic E-state index is 11.6. The third-order valence-corrected chi connectivity index (χ3v) is 2.42. The minimum Gasteiger partial charge on any atom is -0.399 e. The molecule has 4 amide bonds. The van der Waals surface area contributed by atoms with E-state index < -0.39 is 23.8 Å². The predicted molar refractivity (Wildman–Crippen MR) is 59.7 cm³/mol. The quantitative estimate of drug-likeness (QED) is 0.377. The molecular weight excluding hydrogens is 224 g/mol. The van der Waals surface area contributed by atoms with Gasteiger partial charge in [-0.15, -0.1) is 0 Å². The number of nitrogens with one attached hydrogen (secondary N) is 2. The minimum absolute atomic E-state index is 0.267. The Morgan fingerprint density at radius 2 is 1.59 bits per heavy atom. The van der Waals surface area contributed by atoms with Crippen LogP contribution in [0.15, 0.2) is 18.2 Å². The van der Waals surface area contributed by atoms with Crippen molar-refractivity contribution in [2.75, 3.05) is 11.5 Å². The Balaban J connectivity index is 2.45. The number of carbonyl (C=O) groups is 3. The lowest BCUT2D eigenvalue weighted by molar-refractivity contribution is -0.132. The molecule has 0 unspecified atom stereocenters.